The van der Waals surface area contributed by atoms with Crippen molar-refractivity contribution in [2.45, 2.75) is 40.2 Å². The van der Waals surface area contributed by atoms with Crippen LogP contribution in [0.2, 0.25) is 0 Å². The quantitative estimate of drug-likeness (QED) is 0.917. The molecule has 1 N–H and O–H groups in total. The fraction of sp³-hybridized carbons (Fsp3) is 0.444. The number of rotatable bonds is 5. The van der Waals surface area contributed by atoms with Crippen LogP contribution < -0.4 is 5.32 Å². The van der Waals surface area contributed by atoms with Crippen molar-refractivity contribution < 1.29 is 4.79 Å². The Balaban J connectivity index is 2.33. The van der Waals surface area contributed by atoms with Crippen LogP contribution in [0.5, 0.6) is 0 Å². The van der Waals surface area contributed by atoms with Crippen molar-refractivity contribution in [1.29, 1.82) is 0 Å². The summed E-state index contributed by atoms with van der Waals surface area (Å²) in [5.41, 5.74) is 3.31. The second-order valence-electron chi connectivity index (χ2n) is 6.30. The Kier molecular flexibility index (Phi) is 5.01. The molecule has 22 heavy (non-hydrogen) atoms. The zero-order valence-electron chi connectivity index (χ0n) is 14.1. The summed E-state index contributed by atoms with van der Waals surface area (Å²) in [5.74, 6) is 0.511. The molecule has 1 aromatic heterocycles. The molecule has 0 aliphatic carbocycles. The molecule has 1 atom stereocenters. The second-order valence-corrected chi connectivity index (χ2v) is 6.30. The summed E-state index contributed by atoms with van der Waals surface area (Å²) in [6, 6.07) is 10.1. The van der Waals surface area contributed by atoms with Gasteiger partial charge in [0.25, 0.3) is 5.91 Å². The van der Waals surface area contributed by atoms with Crippen LogP contribution in [0.25, 0.3) is 11.3 Å². The van der Waals surface area contributed by atoms with Gasteiger partial charge < -0.3 is 5.32 Å². The predicted molar refractivity (Wildman–Crippen MR) is 89.8 cm³/mol. The van der Waals surface area contributed by atoms with Crippen molar-refractivity contribution in [3.63, 3.8) is 0 Å². The minimum Gasteiger partial charge on any atom is -0.349 e. The van der Waals surface area contributed by atoms with E-state index >= 15 is 0 Å². The fourth-order valence-corrected chi connectivity index (χ4v) is 2.92. The van der Waals surface area contributed by atoms with E-state index < -0.39 is 0 Å². The Morgan fingerprint density at radius 1 is 1.23 bits per heavy atom. The van der Waals surface area contributed by atoms with Crippen molar-refractivity contribution in [3.8, 4) is 11.3 Å². The molecule has 118 valence electrons. The number of benzene rings is 1. The number of carbonyl (C=O) groups excluding carboxylic acids is 1. The minimum atomic E-state index is -0.0439. The Morgan fingerprint density at radius 2 is 1.86 bits per heavy atom. The summed E-state index contributed by atoms with van der Waals surface area (Å²) in [5, 5.41) is 7.53. The van der Waals surface area contributed by atoms with E-state index in [2.05, 4.69) is 24.3 Å². The monoisotopic (exact) mass is 299 g/mol. The van der Waals surface area contributed by atoms with Gasteiger partial charge in [-0.2, -0.15) is 5.10 Å². The van der Waals surface area contributed by atoms with Gasteiger partial charge in [0.15, 0.2) is 0 Å². The summed E-state index contributed by atoms with van der Waals surface area (Å²) in [7, 11) is 1.88. The third-order valence-electron chi connectivity index (χ3n) is 3.70. The highest BCUT2D eigenvalue weighted by Gasteiger charge is 2.22. The molecule has 1 aromatic carbocycles. The Hall–Kier alpha value is -2.10. The Labute approximate surface area is 132 Å². The zero-order chi connectivity index (χ0) is 16.3. The zero-order valence-corrected chi connectivity index (χ0v) is 14.1. The lowest BCUT2D eigenvalue weighted by Crippen LogP contribution is -2.34. The van der Waals surface area contributed by atoms with Crippen LogP contribution in [0.3, 0.4) is 0 Å². The van der Waals surface area contributed by atoms with E-state index in [9.17, 15) is 4.79 Å². The van der Waals surface area contributed by atoms with Gasteiger partial charge in [0.1, 0.15) is 0 Å². The van der Waals surface area contributed by atoms with E-state index in [1.165, 1.54) is 0 Å². The number of nitrogens with zero attached hydrogens (tertiary/aromatic N) is 2. The van der Waals surface area contributed by atoms with Crippen molar-refractivity contribution in [2.75, 3.05) is 0 Å². The van der Waals surface area contributed by atoms with Crippen LogP contribution in [0.1, 0.15) is 43.2 Å². The number of aromatic nitrogens is 2. The van der Waals surface area contributed by atoms with Crippen molar-refractivity contribution in [2.24, 2.45) is 13.0 Å². The lowest BCUT2D eigenvalue weighted by atomic mass is 10.0. The van der Waals surface area contributed by atoms with Gasteiger partial charge in [0, 0.05) is 18.7 Å². The molecule has 1 amide bonds. The standard InChI is InChI=1S/C18H25N3O/c1-12(2)11-13(3)19-18(22)16-14(4)20-21(5)17(16)15-9-7-6-8-10-15/h6-10,12-13H,11H2,1-5H3,(H,19,22). The molecule has 0 saturated carbocycles. The number of aryl methyl sites for hydroxylation is 2. The molecule has 0 aliphatic heterocycles. The average molecular weight is 299 g/mol. The van der Waals surface area contributed by atoms with Gasteiger partial charge in [-0.25, -0.2) is 0 Å². The van der Waals surface area contributed by atoms with Crippen LogP contribution in [0.4, 0.5) is 0 Å². The molecule has 0 radical (unpaired) electrons. The first-order valence-corrected chi connectivity index (χ1v) is 7.80. The van der Waals surface area contributed by atoms with E-state index in [0.29, 0.717) is 11.5 Å². The molecule has 0 spiro atoms. The van der Waals surface area contributed by atoms with Gasteiger partial charge in [0.2, 0.25) is 0 Å². The second kappa shape index (κ2) is 6.77. The van der Waals surface area contributed by atoms with Gasteiger partial charge in [0.05, 0.1) is 17.0 Å². The van der Waals surface area contributed by atoms with Gasteiger partial charge in [-0.1, -0.05) is 44.2 Å². The van der Waals surface area contributed by atoms with E-state index in [0.717, 1.165) is 23.4 Å². The predicted octanol–water partition coefficient (Wildman–Crippen LogP) is 3.56. The molecule has 0 bridgehead atoms. The third kappa shape index (κ3) is 3.56. The molecule has 0 saturated heterocycles. The van der Waals surface area contributed by atoms with E-state index in [4.69, 9.17) is 0 Å². The van der Waals surface area contributed by atoms with Crippen LogP contribution in [0.15, 0.2) is 30.3 Å². The first-order chi connectivity index (χ1) is 10.4. The summed E-state index contributed by atoms with van der Waals surface area (Å²) in [6.45, 7) is 8.25. The van der Waals surface area contributed by atoms with E-state index in [1.807, 2.05) is 51.2 Å². The Morgan fingerprint density at radius 3 is 2.45 bits per heavy atom. The van der Waals surface area contributed by atoms with E-state index in [1.54, 1.807) is 4.68 Å². The topological polar surface area (TPSA) is 46.9 Å². The summed E-state index contributed by atoms with van der Waals surface area (Å²) in [6.07, 6.45) is 0.964. The van der Waals surface area contributed by atoms with Crippen molar-refractivity contribution in [1.82, 2.24) is 15.1 Å². The summed E-state index contributed by atoms with van der Waals surface area (Å²) >= 11 is 0. The van der Waals surface area contributed by atoms with Gasteiger partial charge in [-0.05, 0) is 26.2 Å². The summed E-state index contributed by atoms with van der Waals surface area (Å²) in [4.78, 5) is 12.7. The minimum absolute atomic E-state index is 0.0439. The van der Waals surface area contributed by atoms with Crippen LogP contribution in [-0.2, 0) is 7.05 Å². The maximum Gasteiger partial charge on any atom is 0.255 e. The molecule has 2 rings (SSSR count). The number of hydrogen-bond donors (Lipinski definition) is 1. The first kappa shape index (κ1) is 16.3. The summed E-state index contributed by atoms with van der Waals surface area (Å²) < 4.78 is 1.78. The molecular formula is C18H25N3O. The smallest absolute Gasteiger partial charge is 0.255 e. The number of nitrogens with one attached hydrogen (secondary N) is 1. The van der Waals surface area contributed by atoms with Crippen LogP contribution in [0, 0.1) is 12.8 Å². The molecule has 0 aliphatic rings. The highest BCUT2D eigenvalue weighted by atomic mass is 16.1. The number of carbonyl (C=O) groups is 1. The molecule has 1 heterocycles. The van der Waals surface area contributed by atoms with Crippen LogP contribution in [-0.4, -0.2) is 21.7 Å². The molecule has 4 heteroatoms. The first-order valence-electron chi connectivity index (χ1n) is 7.80. The molecule has 0 fully saturated rings. The maximum atomic E-state index is 12.7. The van der Waals surface area contributed by atoms with Crippen molar-refractivity contribution in [3.05, 3.63) is 41.6 Å². The molecule has 2 aromatic rings. The van der Waals surface area contributed by atoms with Crippen molar-refractivity contribution >= 4 is 5.91 Å². The molecule has 1 unspecified atom stereocenters. The molecular weight excluding hydrogens is 274 g/mol. The third-order valence-corrected chi connectivity index (χ3v) is 3.70. The van der Waals surface area contributed by atoms with E-state index in [-0.39, 0.29) is 11.9 Å². The Bertz CT molecular complexity index is 644. The number of amides is 1. The van der Waals surface area contributed by atoms with Crippen LogP contribution >= 0.6 is 0 Å². The fourth-order valence-electron chi connectivity index (χ4n) is 2.92. The van der Waals surface area contributed by atoms with Gasteiger partial charge in [-0.15, -0.1) is 0 Å². The highest BCUT2D eigenvalue weighted by molar-refractivity contribution is 6.01. The maximum absolute atomic E-state index is 12.7. The number of hydrogen-bond acceptors (Lipinski definition) is 2. The normalized spacial score (nSPS) is 12.5. The highest BCUT2D eigenvalue weighted by Crippen LogP contribution is 2.25. The largest absolute Gasteiger partial charge is 0.349 e. The van der Waals surface area contributed by atoms with Gasteiger partial charge in [-0.3, -0.25) is 9.48 Å². The lowest BCUT2D eigenvalue weighted by molar-refractivity contribution is 0.0936. The lowest BCUT2D eigenvalue weighted by Gasteiger charge is -2.16. The average Bonchev–Trinajstić information content (AvgIpc) is 2.73. The van der Waals surface area contributed by atoms with Gasteiger partial charge >= 0.3 is 0 Å². The molecule has 4 nitrogen and oxygen atoms in total. The SMILES string of the molecule is Cc1nn(C)c(-c2ccccc2)c1C(=O)NC(C)CC(C)C.